The Morgan fingerprint density at radius 2 is 1.41 bits per heavy atom. The van der Waals surface area contributed by atoms with Gasteiger partial charge in [0, 0.05) is 16.5 Å². The van der Waals surface area contributed by atoms with E-state index in [0.29, 0.717) is 44.9 Å². The molecule has 0 radical (unpaired) electrons. The van der Waals surface area contributed by atoms with E-state index in [0.717, 1.165) is 30.4 Å². The van der Waals surface area contributed by atoms with E-state index in [1.54, 1.807) is 48.5 Å². The minimum absolute atomic E-state index is 0.120. The third-order valence-corrected chi connectivity index (χ3v) is 9.19. The van der Waals surface area contributed by atoms with Gasteiger partial charge in [0.2, 0.25) is 11.8 Å². The van der Waals surface area contributed by atoms with E-state index in [1.807, 2.05) is 60.7 Å². The number of hydrogen-bond donors (Lipinski definition) is 0. The maximum Gasteiger partial charge on any atom is 0.339 e. The van der Waals surface area contributed by atoms with Crippen LogP contribution in [0.5, 0.6) is 0 Å². The molecule has 0 bridgehead atoms. The van der Waals surface area contributed by atoms with Crippen molar-refractivity contribution in [2.45, 2.75) is 26.2 Å². The molecule has 1 aliphatic carbocycles. The first-order chi connectivity index (χ1) is 22.4. The van der Waals surface area contributed by atoms with Crippen LogP contribution in [0.4, 0.5) is 5.69 Å². The molecule has 3 unspecified atom stereocenters. The molecule has 7 nitrogen and oxygen atoms in total. The molecule has 2 heterocycles. The standard InChI is InChI=1S/C39H32N2O5/c1-24-11-20-31-32(21-24)38(44)41(37(31)43)29-18-16-27(17-19-29)35-22-33(30-9-5-6-10-34(30)40-35)39(45)46-23-36(42)28-14-12-26(13-15-28)25-7-3-2-4-8-25/h2-10,12-19,22,24,31-32H,11,20-21,23H2,1H3. The van der Waals surface area contributed by atoms with E-state index in [1.165, 1.54) is 4.90 Å². The lowest BCUT2D eigenvalue weighted by atomic mass is 9.76. The number of para-hydroxylation sites is 1. The van der Waals surface area contributed by atoms with Crippen molar-refractivity contribution in [2.75, 3.05) is 11.5 Å². The van der Waals surface area contributed by atoms with Crippen molar-refractivity contribution in [3.63, 3.8) is 0 Å². The maximum atomic E-state index is 13.4. The number of fused-ring (bicyclic) bond motifs is 2. The van der Waals surface area contributed by atoms with Crippen molar-refractivity contribution in [2.24, 2.45) is 17.8 Å². The molecule has 228 valence electrons. The number of rotatable bonds is 7. The van der Waals surface area contributed by atoms with Gasteiger partial charge < -0.3 is 4.74 Å². The van der Waals surface area contributed by atoms with Gasteiger partial charge in [-0.2, -0.15) is 0 Å². The van der Waals surface area contributed by atoms with E-state index in [2.05, 4.69) is 6.92 Å². The van der Waals surface area contributed by atoms with Gasteiger partial charge in [0.05, 0.1) is 34.3 Å². The Kier molecular flexibility index (Phi) is 7.74. The molecule has 1 aliphatic heterocycles. The number of pyridine rings is 1. The molecule has 7 rings (SSSR count). The summed E-state index contributed by atoms with van der Waals surface area (Å²) in [6.45, 7) is 1.73. The number of aromatic nitrogens is 1. The van der Waals surface area contributed by atoms with Crippen LogP contribution in [-0.4, -0.2) is 35.2 Å². The number of ketones is 1. The van der Waals surface area contributed by atoms with E-state index in [9.17, 15) is 19.2 Å². The van der Waals surface area contributed by atoms with Crippen molar-refractivity contribution in [3.05, 3.63) is 120 Å². The quantitative estimate of drug-likeness (QED) is 0.108. The minimum atomic E-state index is -0.629. The molecule has 2 aliphatic rings. The van der Waals surface area contributed by atoms with Crippen LogP contribution >= 0.6 is 0 Å². The zero-order valence-corrected chi connectivity index (χ0v) is 25.4. The van der Waals surface area contributed by atoms with Gasteiger partial charge in [0.1, 0.15) is 0 Å². The smallest absolute Gasteiger partial charge is 0.339 e. The summed E-state index contributed by atoms with van der Waals surface area (Å²) in [5.74, 6) is -1.22. The van der Waals surface area contributed by atoms with Crippen LogP contribution < -0.4 is 4.90 Å². The second kappa shape index (κ2) is 12.2. The number of nitrogens with zero attached hydrogens (tertiary/aromatic N) is 2. The van der Waals surface area contributed by atoms with Crippen molar-refractivity contribution >= 4 is 40.2 Å². The monoisotopic (exact) mass is 608 g/mol. The average molecular weight is 609 g/mol. The summed E-state index contributed by atoms with van der Waals surface area (Å²) in [6, 6.07) is 33.1. The van der Waals surface area contributed by atoms with Gasteiger partial charge in [-0.15, -0.1) is 0 Å². The summed E-state index contributed by atoms with van der Waals surface area (Å²) in [5, 5.41) is 0.609. The van der Waals surface area contributed by atoms with Crippen LogP contribution in [0.25, 0.3) is 33.3 Å². The van der Waals surface area contributed by atoms with Gasteiger partial charge in [-0.25, -0.2) is 9.78 Å². The van der Waals surface area contributed by atoms with Gasteiger partial charge in [-0.1, -0.05) is 91.9 Å². The molecule has 0 N–H and O–H groups in total. The van der Waals surface area contributed by atoms with Gasteiger partial charge in [-0.3, -0.25) is 19.3 Å². The number of anilines is 1. The Bertz CT molecular complexity index is 1970. The number of imide groups is 1. The van der Waals surface area contributed by atoms with E-state index in [-0.39, 0.29) is 29.4 Å². The van der Waals surface area contributed by atoms with Crippen LogP contribution in [0.2, 0.25) is 0 Å². The van der Waals surface area contributed by atoms with Crippen molar-refractivity contribution in [1.29, 1.82) is 0 Å². The highest BCUT2D eigenvalue weighted by Crippen LogP contribution is 2.42. The highest BCUT2D eigenvalue weighted by molar-refractivity contribution is 6.22. The first-order valence-corrected chi connectivity index (χ1v) is 15.6. The number of esters is 1. The van der Waals surface area contributed by atoms with Crippen LogP contribution in [0.1, 0.15) is 46.9 Å². The SMILES string of the molecule is CC1CCC2C(=O)N(c3ccc(-c4cc(C(=O)OCC(=O)c5ccc(-c6ccccc6)cc5)c5ccccc5n4)cc3)C(=O)C2C1. The minimum Gasteiger partial charge on any atom is -0.454 e. The Morgan fingerprint density at radius 1 is 0.761 bits per heavy atom. The first-order valence-electron chi connectivity index (χ1n) is 15.6. The molecule has 46 heavy (non-hydrogen) atoms. The van der Waals surface area contributed by atoms with Gasteiger partial charge in [0.15, 0.2) is 12.4 Å². The second-order valence-electron chi connectivity index (χ2n) is 12.2. The molecular weight excluding hydrogens is 576 g/mol. The highest BCUT2D eigenvalue weighted by atomic mass is 16.5. The lowest BCUT2D eigenvalue weighted by Crippen LogP contribution is -2.30. The summed E-state index contributed by atoms with van der Waals surface area (Å²) in [6.07, 6.45) is 2.45. The van der Waals surface area contributed by atoms with Crippen molar-refractivity contribution < 1.29 is 23.9 Å². The molecular formula is C39H32N2O5. The van der Waals surface area contributed by atoms with E-state index in [4.69, 9.17) is 9.72 Å². The van der Waals surface area contributed by atoms with Gasteiger partial charge in [-0.05, 0) is 60.6 Å². The molecule has 5 aromatic rings. The zero-order chi connectivity index (χ0) is 31.8. The summed E-state index contributed by atoms with van der Waals surface area (Å²) in [5.41, 5.74) is 5.16. The molecule has 0 spiro atoms. The number of ether oxygens (including phenoxy) is 1. The second-order valence-corrected chi connectivity index (χ2v) is 12.2. The predicted molar refractivity (Wildman–Crippen MR) is 176 cm³/mol. The zero-order valence-electron chi connectivity index (χ0n) is 25.4. The fraction of sp³-hybridized carbons (Fsp3) is 0.205. The number of amides is 2. The number of benzene rings is 4. The summed E-state index contributed by atoms with van der Waals surface area (Å²) < 4.78 is 5.52. The van der Waals surface area contributed by atoms with E-state index >= 15 is 0 Å². The topological polar surface area (TPSA) is 93.6 Å². The molecule has 3 atom stereocenters. The number of carbonyl (C=O) groups excluding carboxylic acids is 4. The Balaban J connectivity index is 1.09. The normalized spacial score (nSPS) is 19.2. The van der Waals surface area contributed by atoms with Gasteiger partial charge in [0.25, 0.3) is 0 Å². The lowest BCUT2D eigenvalue weighted by molar-refractivity contribution is -0.122. The molecule has 1 saturated heterocycles. The van der Waals surface area contributed by atoms with Crippen LogP contribution in [0.3, 0.4) is 0 Å². The summed E-state index contributed by atoms with van der Waals surface area (Å²) >= 11 is 0. The Labute approximate surface area is 266 Å². The Hall–Kier alpha value is -5.43. The van der Waals surface area contributed by atoms with Crippen LogP contribution in [-0.2, 0) is 14.3 Å². The highest BCUT2D eigenvalue weighted by Gasteiger charge is 2.49. The number of hydrogen-bond acceptors (Lipinski definition) is 6. The largest absolute Gasteiger partial charge is 0.454 e. The third-order valence-electron chi connectivity index (χ3n) is 9.19. The number of carbonyl (C=O) groups is 4. The van der Waals surface area contributed by atoms with Crippen molar-refractivity contribution in [1.82, 2.24) is 4.98 Å². The molecule has 2 amide bonds. The van der Waals surface area contributed by atoms with Gasteiger partial charge >= 0.3 is 5.97 Å². The molecule has 7 heteroatoms. The van der Waals surface area contributed by atoms with Crippen molar-refractivity contribution in [3.8, 4) is 22.4 Å². The average Bonchev–Trinajstić information content (AvgIpc) is 3.35. The third kappa shape index (κ3) is 5.49. The van der Waals surface area contributed by atoms with Crippen LogP contribution in [0, 0.1) is 17.8 Å². The fourth-order valence-electron chi connectivity index (χ4n) is 6.69. The van der Waals surface area contributed by atoms with Crippen LogP contribution in [0.15, 0.2) is 109 Å². The molecule has 1 saturated carbocycles. The molecule has 1 aromatic heterocycles. The lowest BCUT2D eigenvalue weighted by Gasteiger charge is -2.25. The molecule has 2 fully saturated rings. The molecule has 4 aromatic carbocycles. The maximum absolute atomic E-state index is 13.4. The summed E-state index contributed by atoms with van der Waals surface area (Å²) in [4.78, 5) is 58.8. The Morgan fingerprint density at radius 3 is 2.17 bits per heavy atom. The first kappa shape index (κ1) is 29.3. The van der Waals surface area contributed by atoms with E-state index < -0.39 is 12.6 Å². The number of Topliss-reactive ketones (excluding diaryl/α,β-unsaturated/α-hetero) is 1. The predicted octanol–water partition coefficient (Wildman–Crippen LogP) is 7.53. The summed E-state index contributed by atoms with van der Waals surface area (Å²) in [7, 11) is 0. The fourth-order valence-corrected chi connectivity index (χ4v) is 6.69.